The quantitative estimate of drug-likeness (QED) is 0.901. The van der Waals surface area contributed by atoms with Crippen LogP contribution in [0.15, 0.2) is 42.5 Å². The van der Waals surface area contributed by atoms with Crippen LogP contribution in [0, 0.1) is 5.82 Å². The van der Waals surface area contributed by atoms with Crippen LogP contribution in [0.2, 0.25) is 0 Å². The van der Waals surface area contributed by atoms with Crippen LogP contribution in [0.3, 0.4) is 0 Å². The second-order valence-electron chi connectivity index (χ2n) is 5.20. The first-order valence-electron chi connectivity index (χ1n) is 6.89. The highest BCUT2D eigenvalue weighted by Crippen LogP contribution is 2.34. The van der Waals surface area contributed by atoms with Crippen LogP contribution < -0.4 is 10.1 Å². The minimum atomic E-state index is -0.305. The van der Waals surface area contributed by atoms with Crippen molar-refractivity contribution >= 4 is 0 Å². The predicted molar refractivity (Wildman–Crippen MR) is 77.5 cm³/mol. The van der Waals surface area contributed by atoms with Gasteiger partial charge in [-0.05, 0) is 35.2 Å². The van der Waals surface area contributed by atoms with E-state index in [9.17, 15) is 4.39 Å². The second kappa shape index (κ2) is 5.63. The molecule has 0 aliphatic heterocycles. The highest BCUT2D eigenvalue weighted by Gasteiger charge is 2.24. The van der Waals surface area contributed by atoms with Crippen LogP contribution in [-0.2, 0) is 13.0 Å². The van der Waals surface area contributed by atoms with Gasteiger partial charge in [-0.1, -0.05) is 30.3 Å². The topological polar surface area (TPSA) is 21.3 Å². The average molecular weight is 271 g/mol. The lowest BCUT2D eigenvalue weighted by atomic mass is 9.77. The van der Waals surface area contributed by atoms with Gasteiger partial charge in [0.05, 0.1) is 7.11 Å². The van der Waals surface area contributed by atoms with Crippen LogP contribution in [0.4, 0.5) is 4.39 Å². The maximum atomic E-state index is 13.6. The van der Waals surface area contributed by atoms with Gasteiger partial charge in [0, 0.05) is 19.0 Å². The van der Waals surface area contributed by atoms with Gasteiger partial charge in [-0.3, -0.25) is 0 Å². The number of halogens is 1. The molecule has 2 aromatic rings. The predicted octanol–water partition coefficient (Wildman–Crippen LogP) is 3.26. The Kier molecular flexibility index (Phi) is 3.70. The van der Waals surface area contributed by atoms with Gasteiger partial charge < -0.3 is 10.1 Å². The molecule has 0 radical (unpaired) electrons. The number of methoxy groups -OCH3 is 1. The molecule has 1 aliphatic carbocycles. The lowest BCUT2D eigenvalue weighted by Crippen LogP contribution is -2.28. The summed E-state index contributed by atoms with van der Waals surface area (Å²) in [6, 6.07) is 13.6. The van der Waals surface area contributed by atoms with E-state index in [-0.39, 0.29) is 5.82 Å². The van der Waals surface area contributed by atoms with Gasteiger partial charge in [0.2, 0.25) is 0 Å². The van der Waals surface area contributed by atoms with Crippen molar-refractivity contribution in [1.29, 1.82) is 0 Å². The smallest absolute Gasteiger partial charge is 0.165 e. The molecule has 20 heavy (non-hydrogen) atoms. The van der Waals surface area contributed by atoms with Crippen molar-refractivity contribution in [3.8, 4) is 5.75 Å². The summed E-state index contributed by atoms with van der Waals surface area (Å²) in [6.07, 6.45) is 1.14. The van der Waals surface area contributed by atoms with Crippen molar-refractivity contribution in [2.45, 2.75) is 18.9 Å². The number of ether oxygens (including phenoxy) is 1. The van der Waals surface area contributed by atoms with Gasteiger partial charge in [-0.2, -0.15) is 0 Å². The summed E-state index contributed by atoms with van der Waals surface area (Å²) in [5, 5.41) is 3.40. The summed E-state index contributed by atoms with van der Waals surface area (Å²) in [7, 11) is 1.48. The molecule has 0 saturated carbocycles. The molecule has 1 N–H and O–H groups in total. The third-order valence-corrected chi connectivity index (χ3v) is 3.90. The van der Waals surface area contributed by atoms with E-state index >= 15 is 0 Å². The Morgan fingerprint density at radius 2 is 2.10 bits per heavy atom. The average Bonchev–Trinajstić information content (AvgIpc) is 2.44. The van der Waals surface area contributed by atoms with E-state index < -0.39 is 0 Å². The molecule has 0 spiro atoms. The first-order valence-corrected chi connectivity index (χ1v) is 6.89. The number of hydrogen-bond donors (Lipinski definition) is 1. The molecule has 2 nitrogen and oxygen atoms in total. The molecule has 1 atom stereocenters. The zero-order valence-electron chi connectivity index (χ0n) is 11.5. The summed E-state index contributed by atoms with van der Waals surface area (Å²) < 4.78 is 18.5. The number of fused-ring (bicyclic) bond motifs is 1. The van der Waals surface area contributed by atoms with Crippen molar-refractivity contribution in [2.24, 2.45) is 0 Å². The highest BCUT2D eigenvalue weighted by molar-refractivity contribution is 5.40. The minimum absolute atomic E-state index is 0.293. The Balaban J connectivity index is 1.53. The van der Waals surface area contributed by atoms with Crippen molar-refractivity contribution in [3.05, 3.63) is 65.0 Å². The largest absolute Gasteiger partial charge is 0.494 e. The van der Waals surface area contributed by atoms with E-state index in [2.05, 4.69) is 29.6 Å². The van der Waals surface area contributed by atoms with Gasteiger partial charge in [0.1, 0.15) is 0 Å². The molecule has 104 valence electrons. The third kappa shape index (κ3) is 2.54. The standard InChI is InChI=1S/C17H18FNO/c1-20-17-7-6-12(8-16(17)18)10-19-11-14-9-13-4-2-3-5-15(13)14/h2-8,14,19H,9-11H2,1H3. The molecular formula is C17H18FNO. The maximum Gasteiger partial charge on any atom is 0.165 e. The van der Waals surface area contributed by atoms with E-state index in [1.54, 1.807) is 6.07 Å². The van der Waals surface area contributed by atoms with Crippen molar-refractivity contribution in [3.63, 3.8) is 0 Å². The second-order valence-corrected chi connectivity index (χ2v) is 5.20. The Bertz CT molecular complexity index is 612. The molecular weight excluding hydrogens is 253 g/mol. The summed E-state index contributed by atoms with van der Waals surface area (Å²) in [4.78, 5) is 0. The number of rotatable bonds is 5. The summed E-state index contributed by atoms with van der Waals surface area (Å²) >= 11 is 0. The number of nitrogens with one attached hydrogen (secondary N) is 1. The van der Waals surface area contributed by atoms with Crippen molar-refractivity contribution in [1.82, 2.24) is 5.32 Å². The van der Waals surface area contributed by atoms with Crippen LogP contribution in [0.1, 0.15) is 22.6 Å². The highest BCUT2D eigenvalue weighted by atomic mass is 19.1. The van der Waals surface area contributed by atoms with Gasteiger partial charge in [-0.15, -0.1) is 0 Å². The van der Waals surface area contributed by atoms with Gasteiger partial charge in [0.25, 0.3) is 0 Å². The fourth-order valence-electron chi connectivity index (χ4n) is 2.76. The normalized spacial score (nSPS) is 16.4. The van der Waals surface area contributed by atoms with E-state index in [1.807, 2.05) is 6.07 Å². The Labute approximate surface area is 118 Å². The van der Waals surface area contributed by atoms with Crippen molar-refractivity contribution < 1.29 is 9.13 Å². The van der Waals surface area contributed by atoms with E-state index in [1.165, 1.54) is 24.3 Å². The Morgan fingerprint density at radius 3 is 2.85 bits per heavy atom. The summed E-state index contributed by atoms with van der Waals surface area (Å²) in [5.74, 6) is 0.580. The molecule has 1 unspecified atom stereocenters. The molecule has 0 amide bonds. The molecule has 3 rings (SSSR count). The number of hydrogen-bond acceptors (Lipinski definition) is 2. The fraction of sp³-hybridized carbons (Fsp3) is 0.294. The van der Waals surface area contributed by atoms with Crippen LogP contribution in [0.25, 0.3) is 0 Å². The monoisotopic (exact) mass is 271 g/mol. The zero-order chi connectivity index (χ0) is 13.9. The Hall–Kier alpha value is -1.87. The van der Waals surface area contributed by atoms with Crippen LogP contribution >= 0.6 is 0 Å². The lowest BCUT2D eigenvalue weighted by molar-refractivity contribution is 0.386. The molecule has 3 heteroatoms. The molecule has 0 bridgehead atoms. The van der Waals surface area contributed by atoms with Crippen LogP contribution in [0.5, 0.6) is 5.75 Å². The molecule has 2 aromatic carbocycles. The summed E-state index contributed by atoms with van der Waals surface area (Å²) in [6.45, 7) is 1.62. The first kappa shape index (κ1) is 13.1. The zero-order valence-corrected chi connectivity index (χ0v) is 11.5. The third-order valence-electron chi connectivity index (χ3n) is 3.90. The van der Waals surface area contributed by atoms with Gasteiger partial charge >= 0.3 is 0 Å². The minimum Gasteiger partial charge on any atom is -0.494 e. The molecule has 0 saturated heterocycles. The Morgan fingerprint density at radius 1 is 1.25 bits per heavy atom. The fourth-order valence-corrected chi connectivity index (χ4v) is 2.76. The lowest BCUT2D eigenvalue weighted by Gasteiger charge is -2.30. The van der Waals surface area contributed by atoms with Gasteiger partial charge in [0.15, 0.2) is 11.6 Å². The van der Waals surface area contributed by atoms with Crippen LogP contribution in [-0.4, -0.2) is 13.7 Å². The van der Waals surface area contributed by atoms with E-state index in [0.29, 0.717) is 18.2 Å². The maximum absolute atomic E-state index is 13.6. The van der Waals surface area contributed by atoms with Gasteiger partial charge in [-0.25, -0.2) is 4.39 Å². The van der Waals surface area contributed by atoms with Crippen molar-refractivity contribution in [2.75, 3.05) is 13.7 Å². The number of benzene rings is 2. The molecule has 0 fully saturated rings. The summed E-state index contributed by atoms with van der Waals surface area (Å²) in [5.41, 5.74) is 3.84. The van der Waals surface area contributed by atoms with E-state index in [0.717, 1.165) is 18.5 Å². The first-order chi connectivity index (χ1) is 9.78. The SMILES string of the molecule is COc1ccc(CNCC2Cc3ccccc32)cc1F. The molecule has 1 aliphatic rings. The molecule has 0 heterocycles. The molecule has 0 aromatic heterocycles. The van der Waals surface area contributed by atoms with E-state index in [4.69, 9.17) is 4.74 Å².